The zero-order valence-corrected chi connectivity index (χ0v) is 41.2. The van der Waals surface area contributed by atoms with Crippen molar-refractivity contribution in [3.63, 3.8) is 0 Å². The van der Waals surface area contributed by atoms with E-state index in [9.17, 15) is 39.5 Å². The van der Waals surface area contributed by atoms with Gasteiger partial charge in [0.25, 0.3) is 0 Å². The zero-order chi connectivity index (χ0) is 51.0. The van der Waals surface area contributed by atoms with E-state index in [1.807, 2.05) is 42.6 Å². The van der Waals surface area contributed by atoms with Crippen molar-refractivity contribution >= 4 is 92.8 Å². The second-order valence-electron chi connectivity index (χ2n) is 15.5. The van der Waals surface area contributed by atoms with Crippen molar-refractivity contribution in [3.8, 4) is 0 Å². The minimum atomic E-state index is -4.58. The van der Waals surface area contributed by atoms with Crippen LogP contribution in [-0.4, -0.2) is 49.5 Å². The molecule has 70 heavy (non-hydrogen) atoms. The first-order valence-corrected chi connectivity index (χ1v) is 23.6. The third-order valence-corrected chi connectivity index (χ3v) is 13.1. The number of nitrogens with one attached hydrogen (secondary N) is 1. The van der Waals surface area contributed by atoms with E-state index in [1.165, 1.54) is 18.5 Å². The number of aromatic nitrogens is 6. The monoisotopic (exact) mass is 1120 g/mol. The summed E-state index contributed by atoms with van der Waals surface area (Å²) >= 11 is 39.1. The highest BCUT2D eigenvalue weighted by atomic mass is 35.5. The van der Waals surface area contributed by atoms with Gasteiger partial charge in [-0.15, -0.1) is 0 Å². The molecule has 3 atom stereocenters. The van der Waals surface area contributed by atoms with E-state index < -0.39 is 55.4 Å². The van der Waals surface area contributed by atoms with Gasteiger partial charge in [0.15, 0.2) is 5.15 Å². The molecule has 6 aromatic heterocycles. The normalized spacial score (nSPS) is 18.1. The number of alkyl halides is 9. The molecule has 0 radical (unpaired) electrons. The molecule has 3 aliphatic heterocycles. The number of nitrogens with zero attached hydrogens (tertiary/aromatic N) is 8. The first-order valence-electron chi connectivity index (χ1n) is 21.0. The molecule has 0 bridgehead atoms. The summed E-state index contributed by atoms with van der Waals surface area (Å²) in [5.41, 5.74) is -0.270. The van der Waals surface area contributed by atoms with Gasteiger partial charge in [-0.3, -0.25) is 15.0 Å². The Kier molecular flexibility index (Phi) is 19.0. The molecule has 3 fully saturated rings. The van der Waals surface area contributed by atoms with Crippen LogP contribution in [0, 0.1) is 0 Å². The highest BCUT2D eigenvalue weighted by Gasteiger charge is 2.40. The van der Waals surface area contributed by atoms with Crippen LogP contribution in [0.3, 0.4) is 0 Å². The van der Waals surface area contributed by atoms with E-state index >= 15 is 0 Å². The van der Waals surface area contributed by atoms with Gasteiger partial charge in [-0.1, -0.05) is 99.4 Å². The van der Waals surface area contributed by atoms with E-state index in [0.717, 1.165) is 55.7 Å². The van der Waals surface area contributed by atoms with Gasteiger partial charge in [-0.2, -0.15) is 39.5 Å². The Morgan fingerprint density at radius 1 is 0.486 bits per heavy atom. The molecule has 0 aromatic carbocycles. The number of halogens is 16. The molecule has 0 spiro atoms. The van der Waals surface area contributed by atoms with Gasteiger partial charge in [0.1, 0.15) is 27.1 Å². The lowest BCUT2D eigenvalue weighted by Gasteiger charge is -2.27. The van der Waals surface area contributed by atoms with Gasteiger partial charge < -0.3 is 15.1 Å². The third kappa shape index (κ3) is 14.3. The number of pyridine rings is 6. The quantitative estimate of drug-likeness (QED) is 0.134. The van der Waals surface area contributed by atoms with Gasteiger partial charge in [-0.25, -0.2) is 15.0 Å². The standard InChI is InChI=1S/2C15H12Cl2F3N3.C9H12N2.C6HCl3F3N/c16-13-9(15(18,19)20)8-12(22-14(13)17)23-7-3-5-11(23)10-4-1-2-6-21-10;16-12-8-9(15(18,19)20)13(17)14(22-12)23-7-3-5-11(23)10-4-1-2-6-21-10;1-2-6-10-8(4-1)9-5-3-7-11-9;7-3-1-2(6(10,11)12)4(8)5(9)13-3/h2*1-2,4,6,8,11H,3,5,7H2;1-2,4,6,9,11H,3,5,7H2;1H. The van der Waals surface area contributed by atoms with Crippen molar-refractivity contribution in [1.82, 2.24) is 35.2 Å². The molecule has 0 amide bonds. The molecule has 25 heteroatoms. The van der Waals surface area contributed by atoms with Crippen LogP contribution in [0.1, 0.15) is 90.4 Å². The van der Waals surface area contributed by atoms with E-state index in [2.05, 4.69) is 41.3 Å². The van der Waals surface area contributed by atoms with E-state index in [0.29, 0.717) is 25.2 Å². The Hall–Kier alpha value is -4.14. The van der Waals surface area contributed by atoms with Gasteiger partial charge in [0, 0.05) is 37.7 Å². The number of anilines is 2. The smallest absolute Gasteiger partial charge is 0.348 e. The predicted molar refractivity (Wildman–Crippen MR) is 254 cm³/mol. The Morgan fingerprint density at radius 3 is 1.40 bits per heavy atom. The summed E-state index contributed by atoms with van der Waals surface area (Å²) in [7, 11) is 0. The van der Waals surface area contributed by atoms with Crippen molar-refractivity contribution < 1.29 is 39.5 Å². The molecule has 374 valence electrons. The van der Waals surface area contributed by atoms with Gasteiger partial charge in [0.2, 0.25) is 0 Å². The molecule has 6 aromatic rings. The number of hydrogen-bond acceptors (Lipinski definition) is 9. The summed E-state index contributed by atoms with van der Waals surface area (Å²) in [5, 5.41) is 0.391. The maximum absolute atomic E-state index is 13.1. The van der Waals surface area contributed by atoms with Crippen molar-refractivity contribution in [2.24, 2.45) is 0 Å². The minimum absolute atomic E-state index is 0.0552. The van der Waals surface area contributed by atoms with E-state index in [1.54, 1.807) is 34.3 Å². The Balaban J connectivity index is 0.000000160. The fourth-order valence-corrected chi connectivity index (χ4v) is 9.27. The maximum Gasteiger partial charge on any atom is 0.418 e. The van der Waals surface area contributed by atoms with Crippen LogP contribution in [0.2, 0.25) is 35.7 Å². The molecular formula is C45H37Cl7F9N9. The van der Waals surface area contributed by atoms with Crippen LogP contribution in [0.25, 0.3) is 0 Å². The van der Waals surface area contributed by atoms with Crippen molar-refractivity contribution in [2.75, 3.05) is 29.4 Å². The molecule has 3 saturated heterocycles. The fourth-order valence-electron chi connectivity index (χ4n) is 7.74. The Bertz CT molecular complexity index is 2660. The average molecular weight is 1120 g/mol. The van der Waals surface area contributed by atoms with Crippen molar-refractivity contribution in [2.45, 2.75) is 75.2 Å². The first kappa shape index (κ1) is 55.2. The Morgan fingerprint density at radius 2 is 0.929 bits per heavy atom. The van der Waals surface area contributed by atoms with Crippen molar-refractivity contribution in [1.29, 1.82) is 0 Å². The molecule has 0 saturated carbocycles. The van der Waals surface area contributed by atoms with Crippen molar-refractivity contribution in [3.05, 3.63) is 161 Å². The minimum Gasteiger partial charge on any atom is -0.348 e. The molecule has 9 nitrogen and oxygen atoms in total. The summed E-state index contributed by atoms with van der Waals surface area (Å²) in [5.74, 6) is 0.222. The first-order chi connectivity index (χ1) is 33.0. The molecule has 0 aliphatic carbocycles. The SMILES string of the molecule is FC(F)(F)c1cc(Cl)nc(Cl)c1Cl.FC(F)(F)c1cc(Cl)nc(N2CCCC2c2ccccn2)c1Cl.FC(F)(F)c1cc(N2CCCC2c2ccccn2)nc(Cl)c1Cl.c1ccc(C2CCCN2)nc1. The van der Waals surface area contributed by atoms with E-state index in [4.69, 9.17) is 81.2 Å². The number of hydrogen-bond donors (Lipinski definition) is 1. The summed E-state index contributed by atoms with van der Waals surface area (Å²) in [6.07, 6.45) is -2.85. The summed E-state index contributed by atoms with van der Waals surface area (Å²) in [4.78, 5) is 27.8. The summed E-state index contributed by atoms with van der Waals surface area (Å²) in [6, 6.07) is 19.6. The molecule has 9 rings (SSSR count). The third-order valence-electron chi connectivity index (χ3n) is 10.9. The predicted octanol–water partition coefficient (Wildman–Crippen LogP) is 15.9. The summed E-state index contributed by atoms with van der Waals surface area (Å²) in [6.45, 7) is 2.27. The second-order valence-corrected chi connectivity index (χ2v) is 18.1. The van der Waals surface area contributed by atoms with Crippen LogP contribution in [0.15, 0.2) is 91.4 Å². The van der Waals surface area contributed by atoms with Crippen LogP contribution in [0.4, 0.5) is 51.1 Å². The van der Waals surface area contributed by atoms with Gasteiger partial charge in [0.05, 0.1) is 60.9 Å². The second kappa shape index (κ2) is 24.1. The van der Waals surface area contributed by atoms with Crippen LogP contribution in [-0.2, 0) is 18.5 Å². The largest absolute Gasteiger partial charge is 0.418 e. The fraction of sp³-hybridized carbons (Fsp3) is 0.333. The average Bonchev–Trinajstić information content (AvgIpc) is 4.14. The lowest BCUT2D eigenvalue weighted by atomic mass is 10.1. The molecule has 3 unspecified atom stereocenters. The number of rotatable bonds is 5. The van der Waals surface area contributed by atoms with Crippen LogP contribution >= 0.6 is 81.2 Å². The molecule has 9 heterocycles. The molecule has 3 aliphatic rings. The van der Waals surface area contributed by atoms with Crippen LogP contribution in [0.5, 0.6) is 0 Å². The zero-order valence-electron chi connectivity index (χ0n) is 35.9. The van der Waals surface area contributed by atoms with Crippen LogP contribution < -0.4 is 15.1 Å². The van der Waals surface area contributed by atoms with E-state index in [-0.39, 0.29) is 39.2 Å². The lowest BCUT2D eigenvalue weighted by molar-refractivity contribution is -0.138. The maximum atomic E-state index is 13.1. The Labute approximate surface area is 430 Å². The topological polar surface area (TPSA) is 95.9 Å². The summed E-state index contributed by atoms with van der Waals surface area (Å²) < 4.78 is 115. The molecule has 1 N–H and O–H groups in total. The van der Waals surface area contributed by atoms with Gasteiger partial charge in [-0.05, 0) is 99.7 Å². The highest BCUT2D eigenvalue weighted by Crippen LogP contribution is 2.45. The lowest BCUT2D eigenvalue weighted by Crippen LogP contribution is -2.25. The molecular weight excluding hydrogens is 1090 g/mol. The van der Waals surface area contributed by atoms with Gasteiger partial charge >= 0.3 is 18.5 Å². The highest BCUT2D eigenvalue weighted by molar-refractivity contribution is 6.42.